The van der Waals surface area contributed by atoms with E-state index in [4.69, 9.17) is 10.9 Å². The van der Waals surface area contributed by atoms with Gasteiger partial charge in [0.25, 0.3) is 0 Å². The Kier molecular flexibility index (Phi) is 5.13. The van der Waals surface area contributed by atoms with Crippen molar-refractivity contribution in [2.75, 3.05) is 12.3 Å². The average Bonchev–Trinajstić information content (AvgIpc) is 3.31. The number of nitrogens with two attached hydrogens (primary N) is 1. The van der Waals surface area contributed by atoms with Crippen LogP contribution in [0.15, 0.2) is 29.6 Å². The maximum atomic E-state index is 12.4. The SMILES string of the molecule is NC(CCN(C1CC1)S(=O)(=O)CCc1ccccn1)=NO. The zero-order chi connectivity index (χ0) is 15.3. The first kappa shape index (κ1) is 15.7. The van der Waals surface area contributed by atoms with Crippen LogP contribution >= 0.6 is 0 Å². The predicted octanol–water partition coefficient (Wildman–Crippen LogP) is 0.555. The summed E-state index contributed by atoms with van der Waals surface area (Å²) in [7, 11) is -3.36. The molecule has 1 aromatic rings. The van der Waals surface area contributed by atoms with Gasteiger partial charge in [0.15, 0.2) is 0 Å². The lowest BCUT2D eigenvalue weighted by atomic mass is 10.3. The van der Waals surface area contributed by atoms with E-state index >= 15 is 0 Å². The zero-order valence-electron chi connectivity index (χ0n) is 11.7. The first-order chi connectivity index (χ1) is 10.0. The second kappa shape index (κ2) is 6.86. The van der Waals surface area contributed by atoms with E-state index in [1.54, 1.807) is 12.3 Å². The number of hydrogen-bond donors (Lipinski definition) is 2. The third kappa shape index (κ3) is 4.68. The molecular weight excluding hydrogens is 292 g/mol. The Bertz CT molecular complexity index is 585. The van der Waals surface area contributed by atoms with Crippen LogP contribution in [0.4, 0.5) is 0 Å². The van der Waals surface area contributed by atoms with E-state index < -0.39 is 10.0 Å². The monoisotopic (exact) mass is 312 g/mol. The van der Waals surface area contributed by atoms with Crippen LogP contribution in [0.5, 0.6) is 0 Å². The van der Waals surface area contributed by atoms with E-state index in [0.717, 1.165) is 18.5 Å². The molecule has 1 fully saturated rings. The molecule has 7 nitrogen and oxygen atoms in total. The molecular formula is C13H20N4O3S. The molecule has 1 saturated carbocycles. The number of hydrogen-bond acceptors (Lipinski definition) is 5. The van der Waals surface area contributed by atoms with Crippen molar-refractivity contribution in [3.63, 3.8) is 0 Å². The quantitative estimate of drug-likeness (QED) is 0.315. The molecule has 1 aromatic heterocycles. The van der Waals surface area contributed by atoms with Gasteiger partial charge in [0, 0.05) is 37.3 Å². The molecule has 0 spiro atoms. The third-order valence-electron chi connectivity index (χ3n) is 3.37. The molecule has 0 amide bonds. The summed E-state index contributed by atoms with van der Waals surface area (Å²) in [6.07, 6.45) is 4.02. The predicted molar refractivity (Wildman–Crippen MR) is 79.5 cm³/mol. The Morgan fingerprint density at radius 2 is 2.24 bits per heavy atom. The first-order valence-electron chi connectivity index (χ1n) is 6.89. The van der Waals surface area contributed by atoms with Crippen LogP contribution in [0, 0.1) is 0 Å². The number of oxime groups is 1. The smallest absolute Gasteiger partial charge is 0.214 e. The van der Waals surface area contributed by atoms with E-state index in [-0.39, 0.29) is 30.6 Å². The topological polar surface area (TPSA) is 109 Å². The van der Waals surface area contributed by atoms with Gasteiger partial charge in [-0.05, 0) is 25.0 Å². The van der Waals surface area contributed by atoms with Gasteiger partial charge in [0.1, 0.15) is 5.84 Å². The van der Waals surface area contributed by atoms with Crippen molar-refractivity contribution in [3.8, 4) is 0 Å². The largest absolute Gasteiger partial charge is 0.409 e. The average molecular weight is 312 g/mol. The standard InChI is InChI=1S/C13H20N4O3S/c14-13(16-18)6-9-17(12-4-5-12)21(19,20)10-7-11-3-1-2-8-15-11/h1-3,8,12,18H,4-7,9-10H2,(H2,14,16). The van der Waals surface area contributed by atoms with E-state index in [1.807, 2.05) is 12.1 Å². The van der Waals surface area contributed by atoms with Crippen molar-refractivity contribution in [3.05, 3.63) is 30.1 Å². The van der Waals surface area contributed by atoms with Gasteiger partial charge in [-0.25, -0.2) is 8.42 Å². The van der Waals surface area contributed by atoms with Gasteiger partial charge in [-0.15, -0.1) is 0 Å². The maximum Gasteiger partial charge on any atom is 0.214 e. The van der Waals surface area contributed by atoms with Gasteiger partial charge in [-0.1, -0.05) is 11.2 Å². The van der Waals surface area contributed by atoms with Gasteiger partial charge < -0.3 is 10.9 Å². The van der Waals surface area contributed by atoms with Crippen LogP contribution in [0.1, 0.15) is 25.0 Å². The second-order valence-electron chi connectivity index (χ2n) is 5.07. The highest BCUT2D eigenvalue weighted by Crippen LogP contribution is 2.29. The van der Waals surface area contributed by atoms with Gasteiger partial charge in [-0.2, -0.15) is 4.31 Å². The Hall–Kier alpha value is -1.67. The third-order valence-corrected chi connectivity index (χ3v) is 5.29. The van der Waals surface area contributed by atoms with Gasteiger partial charge in [0.05, 0.1) is 5.75 Å². The molecule has 0 atom stereocenters. The molecule has 0 unspecified atom stereocenters. The van der Waals surface area contributed by atoms with Crippen molar-refractivity contribution in [2.24, 2.45) is 10.9 Å². The number of pyridine rings is 1. The van der Waals surface area contributed by atoms with Gasteiger partial charge in [-0.3, -0.25) is 4.98 Å². The van der Waals surface area contributed by atoms with Crippen molar-refractivity contribution in [1.82, 2.24) is 9.29 Å². The van der Waals surface area contributed by atoms with Gasteiger partial charge in [0.2, 0.25) is 10.0 Å². The fourth-order valence-electron chi connectivity index (χ4n) is 2.08. The van der Waals surface area contributed by atoms with Crippen LogP contribution < -0.4 is 5.73 Å². The summed E-state index contributed by atoms with van der Waals surface area (Å²) < 4.78 is 26.4. The molecule has 2 rings (SSSR count). The molecule has 1 aliphatic carbocycles. The van der Waals surface area contributed by atoms with Crippen LogP contribution in [0.3, 0.4) is 0 Å². The first-order valence-corrected chi connectivity index (χ1v) is 8.49. The lowest BCUT2D eigenvalue weighted by molar-refractivity contribution is 0.315. The highest BCUT2D eigenvalue weighted by Gasteiger charge is 2.36. The van der Waals surface area contributed by atoms with Crippen molar-refractivity contribution in [2.45, 2.75) is 31.7 Å². The molecule has 0 radical (unpaired) electrons. The number of rotatable bonds is 8. The van der Waals surface area contributed by atoms with E-state index in [9.17, 15) is 8.42 Å². The molecule has 1 aliphatic rings. The molecule has 1 heterocycles. The minimum Gasteiger partial charge on any atom is -0.409 e. The maximum absolute atomic E-state index is 12.4. The summed E-state index contributed by atoms with van der Waals surface area (Å²) >= 11 is 0. The summed E-state index contributed by atoms with van der Waals surface area (Å²) in [6, 6.07) is 5.51. The lowest BCUT2D eigenvalue weighted by Crippen LogP contribution is -2.37. The van der Waals surface area contributed by atoms with Crippen molar-refractivity contribution in [1.29, 1.82) is 0 Å². The lowest BCUT2D eigenvalue weighted by Gasteiger charge is -2.21. The van der Waals surface area contributed by atoms with Crippen LogP contribution in [-0.2, 0) is 16.4 Å². The number of aromatic nitrogens is 1. The van der Waals surface area contributed by atoms with E-state index in [0.29, 0.717) is 6.42 Å². The summed E-state index contributed by atoms with van der Waals surface area (Å²) in [6.45, 7) is 0.255. The summed E-state index contributed by atoms with van der Waals surface area (Å²) in [4.78, 5) is 4.13. The minimum atomic E-state index is -3.36. The van der Waals surface area contributed by atoms with Crippen LogP contribution in [-0.4, -0.2) is 47.1 Å². The highest BCUT2D eigenvalue weighted by molar-refractivity contribution is 7.89. The van der Waals surface area contributed by atoms with Crippen molar-refractivity contribution >= 4 is 15.9 Å². The van der Waals surface area contributed by atoms with Gasteiger partial charge >= 0.3 is 0 Å². The Balaban J connectivity index is 1.97. The van der Waals surface area contributed by atoms with Crippen LogP contribution in [0.25, 0.3) is 0 Å². The van der Waals surface area contributed by atoms with Crippen LogP contribution in [0.2, 0.25) is 0 Å². The molecule has 116 valence electrons. The number of sulfonamides is 1. The summed E-state index contributed by atoms with van der Waals surface area (Å²) in [5.74, 6) is 0.0667. The fraction of sp³-hybridized carbons (Fsp3) is 0.538. The Morgan fingerprint density at radius 1 is 1.48 bits per heavy atom. The molecule has 3 N–H and O–H groups in total. The normalized spacial score (nSPS) is 16.3. The zero-order valence-corrected chi connectivity index (χ0v) is 12.5. The van der Waals surface area contributed by atoms with E-state index in [1.165, 1.54) is 4.31 Å². The fourth-order valence-corrected chi connectivity index (χ4v) is 3.82. The van der Waals surface area contributed by atoms with Crippen molar-refractivity contribution < 1.29 is 13.6 Å². The minimum absolute atomic E-state index is 0.0245. The summed E-state index contributed by atoms with van der Waals surface area (Å²) in [5.41, 5.74) is 6.18. The second-order valence-corrected chi connectivity index (χ2v) is 7.11. The number of nitrogens with zero attached hydrogens (tertiary/aromatic N) is 3. The Morgan fingerprint density at radius 3 is 2.81 bits per heavy atom. The molecule has 0 saturated heterocycles. The molecule has 21 heavy (non-hydrogen) atoms. The summed E-state index contributed by atoms with van der Waals surface area (Å²) in [5, 5.41) is 11.4. The highest BCUT2D eigenvalue weighted by atomic mass is 32.2. The molecule has 8 heteroatoms. The number of amidine groups is 1. The number of aryl methyl sites for hydroxylation is 1. The van der Waals surface area contributed by atoms with E-state index in [2.05, 4.69) is 10.1 Å². The molecule has 0 aliphatic heterocycles. The molecule has 0 aromatic carbocycles. The Labute approximate surface area is 124 Å². The molecule has 0 bridgehead atoms.